The molecule has 10 heteroatoms. The van der Waals surface area contributed by atoms with Crippen LogP contribution in [0.15, 0.2) is 58.5 Å². The number of para-hydroxylation sites is 2. The molecule has 2 heterocycles. The zero-order chi connectivity index (χ0) is 19.2. The Morgan fingerprint density at radius 2 is 1.85 bits per heavy atom. The predicted molar refractivity (Wildman–Crippen MR) is 90.8 cm³/mol. The molecular weight excluding hydrogens is 381 g/mol. The van der Waals surface area contributed by atoms with E-state index < -0.39 is 18.0 Å². The van der Waals surface area contributed by atoms with E-state index in [1.54, 1.807) is 30.3 Å². The van der Waals surface area contributed by atoms with Crippen LogP contribution in [0.25, 0.3) is 16.7 Å². The molecule has 1 N–H and O–H groups in total. The van der Waals surface area contributed by atoms with Gasteiger partial charge in [0.05, 0.1) is 16.6 Å². The summed E-state index contributed by atoms with van der Waals surface area (Å²) < 4.78 is 41.0. The third-order valence-corrected chi connectivity index (χ3v) is 4.70. The van der Waals surface area contributed by atoms with Crippen LogP contribution < -0.4 is 0 Å². The highest BCUT2D eigenvalue weighted by atomic mass is 32.2. The third-order valence-electron chi connectivity index (χ3n) is 3.75. The standard InChI is InChI=1S/C17H9F3N4O2S/c18-17(19,20)16-23-22-13-14(21-11-6-1-2-7-12(11)24(13)16)27-10-5-3-4-9(8-10)15(25)26/h1-8H,(H,25,26). The van der Waals surface area contributed by atoms with E-state index >= 15 is 0 Å². The zero-order valence-electron chi connectivity index (χ0n) is 13.3. The minimum Gasteiger partial charge on any atom is -0.478 e. The Hall–Kier alpha value is -3.14. The van der Waals surface area contributed by atoms with Crippen LogP contribution in [-0.4, -0.2) is 30.7 Å². The summed E-state index contributed by atoms with van der Waals surface area (Å²) in [5.41, 5.74) is 0.585. The highest BCUT2D eigenvalue weighted by Gasteiger charge is 2.38. The fourth-order valence-electron chi connectivity index (χ4n) is 2.61. The Morgan fingerprint density at radius 3 is 2.59 bits per heavy atom. The highest BCUT2D eigenvalue weighted by Crippen LogP contribution is 2.35. The van der Waals surface area contributed by atoms with Crippen LogP contribution in [0.2, 0.25) is 0 Å². The SMILES string of the molecule is O=C(O)c1cccc(Sc2nc3ccccc3n3c(C(F)(F)F)nnc23)c1. The van der Waals surface area contributed by atoms with Gasteiger partial charge in [-0.2, -0.15) is 13.2 Å². The van der Waals surface area contributed by atoms with Crippen molar-refractivity contribution in [2.24, 2.45) is 0 Å². The van der Waals surface area contributed by atoms with Gasteiger partial charge in [0.25, 0.3) is 0 Å². The molecular formula is C17H9F3N4O2S. The van der Waals surface area contributed by atoms with Gasteiger partial charge >= 0.3 is 12.1 Å². The molecule has 0 radical (unpaired) electrons. The van der Waals surface area contributed by atoms with Gasteiger partial charge in [-0.1, -0.05) is 30.0 Å². The van der Waals surface area contributed by atoms with Crippen molar-refractivity contribution in [1.82, 2.24) is 19.6 Å². The number of benzene rings is 2. The lowest BCUT2D eigenvalue weighted by atomic mass is 10.2. The molecule has 0 aliphatic heterocycles. The van der Waals surface area contributed by atoms with E-state index in [2.05, 4.69) is 15.2 Å². The normalized spacial score (nSPS) is 12.0. The van der Waals surface area contributed by atoms with Crippen molar-refractivity contribution in [1.29, 1.82) is 0 Å². The van der Waals surface area contributed by atoms with E-state index in [1.165, 1.54) is 18.2 Å². The van der Waals surface area contributed by atoms with Crippen molar-refractivity contribution in [2.75, 3.05) is 0 Å². The molecule has 6 nitrogen and oxygen atoms in total. The number of aromatic carboxylic acids is 1. The first-order valence-electron chi connectivity index (χ1n) is 7.57. The van der Waals surface area contributed by atoms with Gasteiger partial charge in [-0.05, 0) is 30.3 Å². The highest BCUT2D eigenvalue weighted by molar-refractivity contribution is 7.99. The maximum atomic E-state index is 13.4. The number of carbonyl (C=O) groups is 1. The Bertz CT molecular complexity index is 1190. The number of hydrogen-bond donors (Lipinski definition) is 1. The maximum Gasteiger partial charge on any atom is 0.452 e. The average molecular weight is 390 g/mol. The monoisotopic (exact) mass is 390 g/mol. The van der Waals surface area contributed by atoms with Gasteiger partial charge in [0.15, 0.2) is 5.65 Å². The number of halogens is 3. The number of rotatable bonds is 3. The molecule has 0 saturated carbocycles. The van der Waals surface area contributed by atoms with Crippen molar-refractivity contribution in [3.8, 4) is 0 Å². The van der Waals surface area contributed by atoms with Crippen LogP contribution in [0.3, 0.4) is 0 Å². The fraction of sp³-hybridized carbons (Fsp3) is 0.0588. The van der Waals surface area contributed by atoms with Gasteiger partial charge in [-0.15, -0.1) is 10.2 Å². The van der Waals surface area contributed by atoms with Crippen molar-refractivity contribution < 1.29 is 23.1 Å². The van der Waals surface area contributed by atoms with Gasteiger partial charge in [-0.25, -0.2) is 9.78 Å². The van der Waals surface area contributed by atoms with Crippen LogP contribution in [0.5, 0.6) is 0 Å². The van der Waals surface area contributed by atoms with Gasteiger partial charge in [0.2, 0.25) is 5.82 Å². The molecule has 27 heavy (non-hydrogen) atoms. The van der Waals surface area contributed by atoms with Crippen molar-refractivity contribution in [3.63, 3.8) is 0 Å². The van der Waals surface area contributed by atoms with E-state index in [-0.39, 0.29) is 21.8 Å². The molecule has 0 bridgehead atoms. The lowest BCUT2D eigenvalue weighted by Gasteiger charge is -2.10. The second-order valence-electron chi connectivity index (χ2n) is 5.52. The summed E-state index contributed by atoms with van der Waals surface area (Å²) in [6.45, 7) is 0. The number of carboxylic acids is 1. The Balaban J connectivity index is 1.94. The van der Waals surface area contributed by atoms with Crippen LogP contribution in [0, 0.1) is 0 Å². The van der Waals surface area contributed by atoms with E-state index in [4.69, 9.17) is 5.11 Å². The summed E-state index contributed by atoms with van der Waals surface area (Å²) in [6, 6.07) is 12.4. The second-order valence-corrected chi connectivity index (χ2v) is 6.58. The largest absolute Gasteiger partial charge is 0.478 e. The molecule has 136 valence electrons. The topological polar surface area (TPSA) is 80.4 Å². The number of fused-ring (bicyclic) bond motifs is 3. The molecule has 4 rings (SSSR count). The lowest BCUT2D eigenvalue weighted by Crippen LogP contribution is -2.11. The third kappa shape index (κ3) is 3.08. The van der Waals surface area contributed by atoms with E-state index in [0.717, 1.165) is 16.2 Å². The molecule has 0 fully saturated rings. The van der Waals surface area contributed by atoms with Crippen molar-refractivity contribution in [3.05, 3.63) is 59.9 Å². The zero-order valence-corrected chi connectivity index (χ0v) is 14.1. The summed E-state index contributed by atoms with van der Waals surface area (Å²) in [7, 11) is 0. The number of carboxylic acid groups (broad SMARTS) is 1. The summed E-state index contributed by atoms with van der Waals surface area (Å²) in [4.78, 5) is 16.0. The second kappa shape index (κ2) is 6.23. The molecule has 4 aromatic rings. The quantitative estimate of drug-likeness (QED) is 0.566. The van der Waals surface area contributed by atoms with Crippen LogP contribution in [-0.2, 0) is 6.18 Å². The van der Waals surface area contributed by atoms with Crippen LogP contribution in [0.4, 0.5) is 13.2 Å². The molecule has 2 aromatic carbocycles. The van der Waals surface area contributed by atoms with Crippen molar-refractivity contribution in [2.45, 2.75) is 16.1 Å². The number of alkyl halides is 3. The van der Waals surface area contributed by atoms with E-state index in [0.29, 0.717) is 10.4 Å². The molecule has 0 atom stereocenters. The van der Waals surface area contributed by atoms with Crippen LogP contribution in [0.1, 0.15) is 16.2 Å². The summed E-state index contributed by atoms with van der Waals surface area (Å²) in [5.74, 6) is -2.24. The minimum atomic E-state index is -4.69. The lowest BCUT2D eigenvalue weighted by molar-refractivity contribution is -0.145. The summed E-state index contributed by atoms with van der Waals surface area (Å²) in [5, 5.41) is 16.3. The van der Waals surface area contributed by atoms with E-state index in [9.17, 15) is 18.0 Å². The molecule has 0 aliphatic carbocycles. The number of aromatic nitrogens is 4. The fourth-order valence-corrected chi connectivity index (χ4v) is 3.54. The van der Waals surface area contributed by atoms with Crippen molar-refractivity contribution >= 4 is 34.4 Å². The first kappa shape index (κ1) is 17.3. The summed E-state index contributed by atoms with van der Waals surface area (Å²) in [6.07, 6.45) is -4.69. The smallest absolute Gasteiger partial charge is 0.452 e. The molecule has 0 saturated heterocycles. The van der Waals surface area contributed by atoms with Gasteiger partial charge in [-0.3, -0.25) is 4.40 Å². The maximum absolute atomic E-state index is 13.4. The number of hydrogen-bond acceptors (Lipinski definition) is 5. The van der Waals surface area contributed by atoms with Gasteiger partial charge in [0.1, 0.15) is 5.03 Å². The van der Waals surface area contributed by atoms with E-state index in [1.807, 2.05) is 0 Å². The average Bonchev–Trinajstić information content (AvgIpc) is 3.08. The molecule has 0 unspecified atom stereocenters. The summed E-state index contributed by atoms with van der Waals surface area (Å²) >= 11 is 1.02. The molecule has 0 aliphatic rings. The Morgan fingerprint density at radius 1 is 1.07 bits per heavy atom. The molecule has 0 spiro atoms. The molecule has 2 aromatic heterocycles. The van der Waals surface area contributed by atoms with Crippen LogP contribution >= 0.6 is 11.8 Å². The van der Waals surface area contributed by atoms with Gasteiger partial charge < -0.3 is 5.11 Å². The predicted octanol–water partition coefficient (Wildman–Crippen LogP) is 4.15. The first-order valence-corrected chi connectivity index (χ1v) is 8.38. The Kier molecular flexibility index (Phi) is 3.99. The minimum absolute atomic E-state index is 0.0493. The Labute approximate surface area is 153 Å². The first-order chi connectivity index (χ1) is 12.8. The number of nitrogens with zero attached hydrogens (tertiary/aromatic N) is 4. The van der Waals surface area contributed by atoms with Gasteiger partial charge in [0, 0.05) is 4.90 Å². The molecule has 0 amide bonds.